The van der Waals surface area contributed by atoms with E-state index in [0.717, 1.165) is 10.6 Å². The number of nitrogens with one attached hydrogen (secondary N) is 1. The second-order valence-electron chi connectivity index (χ2n) is 5.63. The van der Waals surface area contributed by atoms with Crippen LogP contribution in [0.3, 0.4) is 0 Å². The molecule has 0 radical (unpaired) electrons. The Morgan fingerprint density at radius 1 is 1.15 bits per heavy atom. The molecule has 0 spiro atoms. The summed E-state index contributed by atoms with van der Waals surface area (Å²) >= 11 is 1.23. The highest BCUT2D eigenvalue weighted by molar-refractivity contribution is 7.17. The third-order valence-corrected chi connectivity index (χ3v) is 4.71. The summed E-state index contributed by atoms with van der Waals surface area (Å²) in [7, 11) is 0. The molecule has 0 aliphatic heterocycles. The van der Waals surface area contributed by atoms with Crippen molar-refractivity contribution in [3.63, 3.8) is 0 Å². The topological polar surface area (TPSA) is 94.6 Å². The van der Waals surface area contributed by atoms with Gasteiger partial charge in [0.2, 0.25) is 0 Å². The van der Waals surface area contributed by atoms with E-state index in [1.165, 1.54) is 11.3 Å². The van der Waals surface area contributed by atoms with Gasteiger partial charge in [-0.3, -0.25) is 9.59 Å². The number of benzene rings is 1. The van der Waals surface area contributed by atoms with Crippen LogP contribution in [0.1, 0.15) is 35.1 Å². The second-order valence-corrected chi connectivity index (χ2v) is 6.63. The molecule has 2 aromatic rings. The summed E-state index contributed by atoms with van der Waals surface area (Å²) in [5.74, 6) is -1.29. The van der Waals surface area contributed by atoms with E-state index in [1.807, 2.05) is 30.3 Å². The summed E-state index contributed by atoms with van der Waals surface area (Å²) in [5, 5.41) is 3.32. The normalized spacial score (nSPS) is 10.3. The number of thiazole rings is 1. The molecule has 0 aliphatic rings. The Labute approximate surface area is 161 Å². The van der Waals surface area contributed by atoms with E-state index in [0.29, 0.717) is 30.1 Å². The predicted octanol–water partition coefficient (Wildman–Crippen LogP) is 2.73. The number of esters is 2. The van der Waals surface area contributed by atoms with Crippen molar-refractivity contribution in [1.29, 1.82) is 0 Å². The van der Waals surface area contributed by atoms with Gasteiger partial charge in [-0.05, 0) is 20.3 Å². The Hall–Kier alpha value is -2.74. The highest BCUT2D eigenvalue weighted by Gasteiger charge is 2.18. The first-order valence-electron chi connectivity index (χ1n) is 8.63. The Balaban J connectivity index is 1.78. The van der Waals surface area contributed by atoms with Crippen LogP contribution in [0, 0.1) is 6.92 Å². The summed E-state index contributed by atoms with van der Waals surface area (Å²) < 4.78 is 9.86. The molecule has 1 N–H and O–H groups in total. The number of aryl methyl sites for hydroxylation is 1. The third-order valence-electron chi connectivity index (χ3n) is 3.52. The van der Waals surface area contributed by atoms with E-state index in [1.54, 1.807) is 13.8 Å². The zero-order valence-electron chi connectivity index (χ0n) is 15.3. The standard InChI is InChI=1S/C19H22N2O5S/c1-3-25-16(23)10-7-11-20-15(22)12-26-19(24)17-13(2)21-18(27-17)14-8-5-4-6-9-14/h4-6,8-9H,3,7,10-12H2,1-2H3,(H,20,22). The number of hydrogen-bond donors (Lipinski definition) is 1. The number of hydrogen-bond acceptors (Lipinski definition) is 7. The number of amides is 1. The van der Waals surface area contributed by atoms with E-state index in [9.17, 15) is 14.4 Å². The summed E-state index contributed by atoms with van der Waals surface area (Å²) in [6.45, 7) is 3.74. The lowest BCUT2D eigenvalue weighted by Gasteiger charge is -2.06. The van der Waals surface area contributed by atoms with E-state index in [4.69, 9.17) is 9.47 Å². The van der Waals surface area contributed by atoms with Crippen molar-refractivity contribution in [3.05, 3.63) is 40.9 Å². The molecule has 0 bridgehead atoms. The minimum Gasteiger partial charge on any atom is -0.466 e. The van der Waals surface area contributed by atoms with Crippen LogP contribution >= 0.6 is 11.3 Å². The first-order chi connectivity index (χ1) is 13.0. The van der Waals surface area contributed by atoms with Crippen molar-refractivity contribution in [3.8, 4) is 10.6 Å². The van der Waals surface area contributed by atoms with Crippen LogP contribution in [0.2, 0.25) is 0 Å². The molecular weight excluding hydrogens is 368 g/mol. The number of carbonyl (C=O) groups excluding carboxylic acids is 3. The zero-order chi connectivity index (χ0) is 19.6. The summed E-state index contributed by atoms with van der Waals surface area (Å²) in [6, 6.07) is 9.53. The average molecular weight is 390 g/mol. The fourth-order valence-electron chi connectivity index (χ4n) is 2.23. The predicted molar refractivity (Wildman–Crippen MR) is 101 cm³/mol. The lowest BCUT2D eigenvalue weighted by molar-refractivity contribution is -0.143. The molecule has 0 atom stereocenters. The van der Waals surface area contributed by atoms with Gasteiger partial charge < -0.3 is 14.8 Å². The van der Waals surface area contributed by atoms with Gasteiger partial charge in [0.05, 0.1) is 12.3 Å². The summed E-state index contributed by atoms with van der Waals surface area (Å²) in [4.78, 5) is 39.9. The number of nitrogens with zero attached hydrogens (tertiary/aromatic N) is 1. The van der Waals surface area contributed by atoms with Gasteiger partial charge in [0.25, 0.3) is 5.91 Å². The smallest absolute Gasteiger partial charge is 0.350 e. The highest BCUT2D eigenvalue weighted by Crippen LogP contribution is 2.28. The third kappa shape index (κ3) is 6.49. The molecule has 144 valence electrons. The molecule has 1 amide bonds. The average Bonchev–Trinajstić information content (AvgIpc) is 3.06. The first kappa shape index (κ1) is 20.6. The Morgan fingerprint density at radius 3 is 2.59 bits per heavy atom. The number of rotatable bonds is 9. The van der Waals surface area contributed by atoms with E-state index < -0.39 is 11.9 Å². The zero-order valence-corrected chi connectivity index (χ0v) is 16.1. The molecule has 0 fully saturated rings. The van der Waals surface area contributed by atoms with Crippen molar-refractivity contribution >= 4 is 29.2 Å². The van der Waals surface area contributed by atoms with Crippen LogP contribution in [-0.4, -0.2) is 42.6 Å². The molecule has 7 nitrogen and oxygen atoms in total. The number of carbonyl (C=O) groups is 3. The van der Waals surface area contributed by atoms with Crippen LogP contribution < -0.4 is 5.32 Å². The largest absolute Gasteiger partial charge is 0.466 e. The molecule has 0 unspecified atom stereocenters. The summed E-state index contributed by atoms with van der Waals surface area (Å²) in [5.41, 5.74) is 1.49. The van der Waals surface area contributed by atoms with Gasteiger partial charge in [0.1, 0.15) is 9.88 Å². The monoisotopic (exact) mass is 390 g/mol. The van der Waals surface area contributed by atoms with Crippen LogP contribution in [0.4, 0.5) is 0 Å². The minimum atomic E-state index is -0.575. The van der Waals surface area contributed by atoms with Crippen molar-refractivity contribution in [1.82, 2.24) is 10.3 Å². The van der Waals surface area contributed by atoms with Crippen LogP contribution in [0.5, 0.6) is 0 Å². The van der Waals surface area contributed by atoms with Crippen LogP contribution in [0.25, 0.3) is 10.6 Å². The molecule has 1 aromatic heterocycles. The SMILES string of the molecule is CCOC(=O)CCCNC(=O)COC(=O)c1sc(-c2ccccc2)nc1C. The fraction of sp³-hybridized carbons (Fsp3) is 0.368. The lowest BCUT2D eigenvalue weighted by Crippen LogP contribution is -2.30. The second kappa shape index (κ2) is 10.4. The van der Waals surface area contributed by atoms with Crippen LogP contribution in [-0.2, 0) is 19.1 Å². The maximum absolute atomic E-state index is 12.2. The Bertz CT molecular complexity index is 789. The molecule has 8 heteroatoms. The van der Waals surface area contributed by atoms with Gasteiger partial charge in [0, 0.05) is 18.5 Å². The molecule has 1 heterocycles. The molecule has 0 saturated carbocycles. The number of ether oxygens (including phenoxy) is 2. The van der Waals surface area contributed by atoms with Gasteiger partial charge in [-0.15, -0.1) is 11.3 Å². The van der Waals surface area contributed by atoms with Gasteiger partial charge in [-0.25, -0.2) is 9.78 Å². The van der Waals surface area contributed by atoms with Gasteiger partial charge >= 0.3 is 11.9 Å². The molecule has 27 heavy (non-hydrogen) atoms. The maximum atomic E-state index is 12.2. The quantitative estimate of drug-likeness (QED) is 0.523. The van der Waals surface area contributed by atoms with Gasteiger partial charge in [-0.2, -0.15) is 0 Å². The van der Waals surface area contributed by atoms with Crippen molar-refractivity contribution in [2.75, 3.05) is 19.8 Å². The number of aromatic nitrogens is 1. The summed E-state index contributed by atoms with van der Waals surface area (Å²) in [6.07, 6.45) is 0.698. The van der Waals surface area contributed by atoms with E-state index >= 15 is 0 Å². The highest BCUT2D eigenvalue weighted by atomic mass is 32.1. The van der Waals surface area contributed by atoms with E-state index in [2.05, 4.69) is 10.3 Å². The molecule has 1 aromatic carbocycles. The molecule has 2 rings (SSSR count). The van der Waals surface area contributed by atoms with E-state index in [-0.39, 0.29) is 19.0 Å². The fourth-order valence-corrected chi connectivity index (χ4v) is 3.20. The van der Waals surface area contributed by atoms with Crippen LogP contribution in [0.15, 0.2) is 30.3 Å². The lowest BCUT2D eigenvalue weighted by atomic mass is 10.2. The first-order valence-corrected chi connectivity index (χ1v) is 9.45. The van der Waals surface area contributed by atoms with Crippen molar-refractivity contribution in [2.24, 2.45) is 0 Å². The van der Waals surface area contributed by atoms with Gasteiger partial charge in [-0.1, -0.05) is 30.3 Å². The molecular formula is C19H22N2O5S. The molecule has 0 saturated heterocycles. The van der Waals surface area contributed by atoms with Gasteiger partial charge in [0.15, 0.2) is 6.61 Å². The molecule has 0 aliphatic carbocycles. The Kier molecular flexibility index (Phi) is 7.94. The Morgan fingerprint density at radius 2 is 1.89 bits per heavy atom. The maximum Gasteiger partial charge on any atom is 0.350 e. The van der Waals surface area contributed by atoms with Crippen molar-refractivity contribution < 1.29 is 23.9 Å². The minimum absolute atomic E-state index is 0.232. The van der Waals surface area contributed by atoms with Crippen molar-refractivity contribution in [2.45, 2.75) is 26.7 Å².